The van der Waals surface area contributed by atoms with Crippen LogP contribution in [0.1, 0.15) is 25.0 Å². The molecule has 0 atom stereocenters. The molecule has 5 heteroatoms. The van der Waals surface area contributed by atoms with Crippen LogP contribution in [0.3, 0.4) is 0 Å². The Labute approximate surface area is 118 Å². The minimum absolute atomic E-state index is 0.0627. The van der Waals surface area contributed by atoms with E-state index in [1.54, 1.807) is 6.92 Å². The molecule has 0 aliphatic carbocycles. The van der Waals surface area contributed by atoms with Crippen molar-refractivity contribution in [1.82, 2.24) is 4.90 Å². The third-order valence-corrected chi connectivity index (χ3v) is 3.38. The molecule has 0 aromatic heterocycles. The zero-order chi connectivity index (χ0) is 14.5. The number of hydrogen-bond donors (Lipinski definition) is 1. The summed E-state index contributed by atoms with van der Waals surface area (Å²) in [5.74, 6) is -0.0764. The molecule has 0 unspecified atom stereocenters. The van der Waals surface area contributed by atoms with Crippen molar-refractivity contribution in [1.29, 1.82) is 0 Å². The van der Waals surface area contributed by atoms with Crippen LogP contribution in [0.25, 0.3) is 0 Å². The lowest BCUT2D eigenvalue weighted by molar-refractivity contribution is -0.129. The molecular formula is C15H20N2O3. The topological polar surface area (TPSA) is 58.6 Å². The van der Waals surface area contributed by atoms with Gasteiger partial charge in [0.2, 0.25) is 11.8 Å². The van der Waals surface area contributed by atoms with Crippen molar-refractivity contribution >= 4 is 17.5 Å². The number of amides is 2. The highest BCUT2D eigenvalue weighted by molar-refractivity contribution is 5.91. The lowest BCUT2D eigenvalue weighted by Crippen LogP contribution is -2.34. The molecule has 0 fully saturated rings. The molecule has 20 heavy (non-hydrogen) atoms. The largest absolute Gasteiger partial charge is 0.372 e. The van der Waals surface area contributed by atoms with Gasteiger partial charge in [0.05, 0.1) is 0 Å². The van der Waals surface area contributed by atoms with E-state index in [0.29, 0.717) is 13.2 Å². The Morgan fingerprint density at radius 2 is 2.15 bits per heavy atom. The smallest absolute Gasteiger partial charge is 0.250 e. The van der Waals surface area contributed by atoms with Crippen LogP contribution in [0.5, 0.6) is 0 Å². The van der Waals surface area contributed by atoms with Crippen LogP contribution in [0.2, 0.25) is 0 Å². The molecule has 0 saturated carbocycles. The van der Waals surface area contributed by atoms with Crippen LogP contribution in [0, 0.1) is 0 Å². The second-order valence-corrected chi connectivity index (χ2v) is 4.86. The lowest BCUT2D eigenvalue weighted by atomic mass is 9.99. The second-order valence-electron chi connectivity index (χ2n) is 4.86. The first kappa shape index (κ1) is 14.5. The van der Waals surface area contributed by atoms with Gasteiger partial charge in [-0.3, -0.25) is 9.59 Å². The number of fused-ring (bicyclic) bond motifs is 1. The summed E-state index contributed by atoms with van der Waals surface area (Å²) in [6.07, 6.45) is 0.863. The molecule has 0 bridgehead atoms. The van der Waals surface area contributed by atoms with Gasteiger partial charge in [-0.1, -0.05) is 6.07 Å². The quantitative estimate of drug-likeness (QED) is 0.908. The Kier molecular flexibility index (Phi) is 4.74. The highest BCUT2D eigenvalue weighted by Gasteiger charge is 2.18. The van der Waals surface area contributed by atoms with E-state index in [1.807, 2.05) is 30.0 Å². The zero-order valence-corrected chi connectivity index (χ0v) is 11.9. The second kappa shape index (κ2) is 6.52. The van der Waals surface area contributed by atoms with Crippen molar-refractivity contribution in [2.24, 2.45) is 0 Å². The van der Waals surface area contributed by atoms with Crippen molar-refractivity contribution in [3.05, 3.63) is 29.3 Å². The number of benzene rings is 1. The van der Waals surface area contributed by atoms with Crippen molar-refractivity contribution in [2.45, 2.75) is 26.8 Å². The number of anilines is 1. The molecule has 1 aromatic rings. The molecule has 1 heterocycles. The van der Waals surface area contributed by atoms with Crippen LogP contribution >= 0.6 is 0 Å². The summed E-state index contributed by atoms with van der Waals surface area (Å²) in [5, 5.41) is 2.80. The summed E-state index contributed by atoms with van der Waals surface area (Å²) in [6.45, 7) is 5.39. The van der Waals surface area contributed by atoms with Crippen molar-refractivity contribution < 1.29 is 14.3 Å². The Balaban J connectivity index is 2.05. The first-order valence-corrected chi connectivity index (χ1v) is 6.85. The number of rotatable bonds is 4. The summed E-state index contributed by atoms with van der Waals surface area (Å²) >= 11 is 0. The molecule has 2 rings (SSSR count). The molecule has 0 radical (unpaired) electrons. The van der Waals surface area contributed by atoms with E-state index < -0.39 is 0 Å². The third kappa shape index (κ3) is 3.57. The maximum absolute atomic E-state index is 11.6. The number of ether oxygens (including phenoxy) is 1. The molecule has 0 spiro atoms. The van der Waals surface area contributed by atoms with Gasteiger partial charge in [0, 0.05) is 32.3 Å². The lowest BCUT2D eigenvalue weighted by Gasteiger charge is -2.28. The van der Waals surface area contributed by atoms with Crippen LogP contribution in [-0.2, 0) is 27.3 Å². The van der Waals surface area contributed by atoms with E-state index in [9.17, 15) is 9.59 Å². The van der Waals surface area contributed by atoms with Gasteiger partial charge in [-0.25, -0.2) is 0 Å². The Hall–Kier alpha value is -1.88. The van der Waals surface area contributed by atoms with E-state index >= 15 is 0 Å². The summed E-state index contributed by atoms with van der Waals surface area (Å²) in [4.78, 5) is 24.9. The van der Waals surface area contributed by atoms with Crippen LogP contribution < -0.4 is 5.32 Å². The van der Waals surface area contributed by atoms with Gasteiger partial charge in [0.1, 0.15) is 6.61 Å². The molecule has 1 aliphatic heterocycles. The minimum atomic E-state index is -0.161. The van der Waals surface area contributed by atoms with Gasteiger partial charge >= 0.3 is 0 Å². The predicted molar refractivity (Wildman–Crippen MR) is 76.4 cm³/mol. The molecule has 1 aromatic carbocycles. The first-order chi connectivity index (χ1) is 9.60. The van der Waals surface area contributed by atoms with Crippen molar-refractivity contribution in [3.63, 3.8) is 0 Å². The van der Waals surface area contributed by atoms with E-state index in [2.05, 4.69) is 5.32 Å². The molecule has 2 amide bonds. The van der Waals surface area contributed by atoms with Gasteiger partial charge in [0.15, 0.2) is 0 Å². The fourth-order valence-electron chi connectivity index (χ4n) is 2.30. The van der Waals surface area contributed by atoms with Crippen molar-refractivity contribution in [3.8, 4) is 0 Å². The van der Waals surface area contributed by atoms with Gasteiger partial charge in [-0.15, -0.1) is 0 Å². The number of hydrogen-bond acceptors (Lipinski definition) is 3. The first-order valence-electron chi connectivity index (χ1n) is 6.85. The number of carbonyl (C=O) groups is 2. The zero-order valence-electron chi connectivity index (χ0n) is 11.9. The maximum Gasteiger partial charge on any atom is 0.250 e. The fraction of sp³-hybridized carbons (Fsp3) is 0.467. The average Bonchev–Trinajstić information content (AvgIpc) is 2.44. The standard InChI is InChI=1S/C15H20N2O3/c1-3-20-10-15(19)16-14-5-4-12-6-7-17(11(2)18)9-13(12)8-14/h4-5,8H,3,6-7,9-10H2,1-2H3,(H,16,19). The molecule has 108 valence electrons. The van der Waals surface area contributed by atoms with E-state index in [4.69, 9.17) is 4.74 Å². The number of nitrogens with one attached hydrogen (secondary N) is 1. The Morgan fingerprint density at radius 1 is 1.35 bits per heavy atom. The molecule has 1 N–H and O–H groups in total. The normalized spacial score (nSPS) is 13.8. The summed E-state index contributed by atoms with van der Waals surface area (Å²) in [6, 6.07) is 5.85. The fourth-order valence-corrected chi connectivity index (χ4v) is 2.30. The van der Waals surface area contributed by atoms with E-state index in [0.717, 1.165) is 24.2 Å². The maximum atomic E-state index is 11.6. The third-order valence-electron chi connectivity index (χ3n) is 3.38. The summed E-state index contributed by atoms with van der Waals surface area (Å²) in [7, 11) is 0. The van der Waals surface area contributed by atoms with E-state index in [-0.39, 0.29) is 18.4 Å². The summed E-state index contributed by atoms with van der Waals surface area (Å²) < 4.78 is 5.06. The SMILES string of the molecule is CCOCC(=O)Nc1ccc2c(c1)CN(C(C)=O)CC2. The number of nitrogens with zero attached hydrogens (tertiary/aromatic N) is 1. The highest BCUT2D eigenvalue weighted by Crippen LogP contribution is 2.22. The van der Waals surface area contributed by atoms with Gasteiger partial charge in [0.25, 0.3) is 0 Å². The van der Waals surface area contributed by atoms with Crippen molar-refractivity contribution in [2.75, 3.05) is 25.1 Å². The monoisotopic (exact) mass is 276 g/mol. The highest BCUT2D eigenvalue weighted by atomic mass is 16.5. The molecule has 1 aliphatic rings. The summed E-state index contributed by atoms with van der Waals surface area (Å²) in [5.41, 5.74) is 3.09. The number of carbonyl (C=O) groups excluding carboxylic acids is 2. The molecule has 0 saturated heterocycles. The molecule has 5 nitrogen and oxygen atoms in total. The Morgan fingerprint density at radius 3 is 2.85 bits per heavy atom. The van der Waals surface area contributed by atoms with Crippen LogP contribution in [0.4, 0.5) is 5.69 Å². The molecular weight excluding hydrogens is 256 g/mol. The van der Waals surface area contributed by atoms with E-state index in [1.165, 1.54) is 5.56 Å². The van der Waals surface area contributed by atoms with Crippen LogP contribution in [-0.4, -0.2) is 36.5 Å². The average molecular weight is 276 g/mol. The predicted octanol–water partition coefficient (Wildman–Crippen LogP) is 1.57. The van der Waals surface area contributed by atoms with Gasteiger partial charge in [-0.2, -0.15) is 0 Å². The van der Waals surface area contributed by atoms with Crippen LogP contribution in [0.15, 0.2) is 18.2 Å². The van der Waals surface area contributed by atoms with Gasteiger partial charge in [-0.05, 0) is 36.6 Å². The minimum Gasteiger partial charge on any atom is -0.372 e. The Bertz CT molecular complexity index is 514. The van der Waals surface area contributed by atoms with Gasteiger partial charge < -0.3 is 15.0 Å².